The third-order valence-electron chi connectivity index (χ3n) is 3.15. The van der Waals surface area contributed by atoms with Gasteiger partial charge in [-0.15, -0.1) is 6.58 Å². The molecule has 0 aliphatic heterocycles. The van der Waals surface area contributed by atoms with Crippen molar-refractivity contribution in [2.24, 2.45) is 0 Å². The Balaban J connectivity index is 2.38. The third kappa shape index (κ3) is 3.88. The Kier molecular flexibility index (Phi) is 5.60. The Morgan fingerprint density at radius 1 is 1.27 bits per heavy atom. The zero-order valence-corrected chi connectivity index (χ0v) is 13.2. The van der Waals surface area contributed by atoms with Crippen LogP contribution in [-0.4, -0.2) is 7.05 Å². The number of nitrogens with zero attached hydrogens (tertiary/aromatic N) is 1. The molecule has 0 atom stereocenters. The van der Waals surface area contributed by atoms with Crippen LogP contribution in [0.3, 0.4) is 0 Å². The van der Waals surface area contributed by atoms with E-state index in [1.54, 1.807) is 18.2 Å². The minimum atomic E-state index is 0.452. The molecule has 0 bridgehead atoms. The predicted molar refractivity (Wildman–Crippen MR) is 89.3 cm³/mol. The fraction of sp³-hybridized carbons (Fsp3) is 0.167. The Hall–Kier alpha value is -2.28. The van der Waals surface area contributed by atoms with Crippen LogP contribution >= 0.6 is 11.6 Å². The molecule has 2 aromatic carbocycles. The van der Waals surface area contributed by atoms with Crippen molar-refractivity contribution in [3.8, 4) is 17.6 Å². The largest absolute Gasteiger partial charge is 0.456 e. The fourth-order valence-corrected chi connectivity index (χ4v) is 2.32. The van der Waals surface area contributed by atoms with E-state index >= 15 is 0 Å². The van der Waals surface area contributed by atoms with Crippen LogP contribution in [0, 0.1) is 11.3 Å². The summed E-state index contributed by atoms with van der Waals surface area (Å²) >= 11 is 5.99. The van der Waals surface area contributed by atoms with Crippen molar-refractivity contribution in [1.29, 1.82) is 5.26 Å². The van der Waals surface area contributed by atoms with Gasteiger partial charge in [0.2, 0.25) is 0 Å². The summed E-state index contributed by atoms with van der Waals surface area (Å²) in [6.07, 6.45) is 2.52. The van der Waals surface area contributed by atoms with Crippen LogP contribution in [0.5, 0.6) is 11.5 Å². The second kappa shape index (κ2) is 7.65. The Morgan fingerprint density at radius 2 is 2.09 bits per heavy atom. The zero-order chi connectivity index (χ0) is 15.9. The molecule has 0 heterocycles. The van der Waals surface area contributed by atoms with Crippen molar-refractivity contribution in [1.82, 2.24) is 5.32 Å². The minimum absolute atomic E-state index is 0.452. The lowest BCUT2D eigenvalue weighted by Crippen LogP contribution is -2.05. The summed E-state index contributed by atoms with van der Waals surface area (Å²) in [6, 6.07) is 13.1. The summed E-state index contributed by atoms with van der Waals surface area (Å²) in [6.45, 7) is 4.57. The molecule has 0 aromatic heterocycles. The van der Waals surface area contributed by atoms with Crippen LogP contribution in [0.15, 0.2) is 49.1 Å². The van der Waals surface area contributed by atoms with Crippen molar-refractivity contribution in [3.63, 3.8) is 0 Å². The van der Waals surface area contributed by atoms with Crippen LogP contribution in [0.1, 0.15) is 16.7 Å². The Morgan fingerprint density at radius 3 is 2.77 bits per heavy atom. The molecule has 2 rings (SSSR count). The molecule has 0 saturated heterocycles. The summed E-state index contributed by atoms with van der Waals surface area (Å²) in [5.74, 6) is 1.17. The first kappa shape index (κ1) is 16.1. The van der Waals surface area contributed by atoms with Crippen molar-refractivity contribution >= 4 is 11.6 Å². The van der Waals surface area contributed by atoms with Gasteiger partial charge in [0.1, 0.15) is 17.6 Å². The number of nitrogens with one attached hydrogen (secondary N) is 1. The molecule has 0 saturated carbocycles. The first-order valence-corrected chi connectivity index (χ1v) is 7.30. The van der Waals surface area contributed by atoms with Crippen molar-refractivity contribution < 1.29 is 4.74 Å². The quantitative estimate of drug-likeness (QED) is 0.801. The number of hydrogen-bond donors (Lipinski definition) is 1. The van der Waals surface area contributed by atoms with Gasteiger partial charge in [0.15, 0.2) is 0 Å². The van der Waals surface area contributed by atoms with Gasteiger partial charge in [-0.05, 0) is 42.8 Å². The first-order valence-electron chi connectivity index (χ1n) is 6.92. The van der Waals surface area contributed by atoms with Gasteiger partial charge >= 0.3 is 0 Å². The van der Waals surface area contributed by atoms with Crippen LogP contribution in [0.2, 0.25) is 5.02 Å². The van der Waals surface area contributed by atoms with E-state index in [0.29, 0.717) is 28.5 Å². The molecule has 0 spiro atoms. The standard InChI is InChI=1S/C18H17ClN2O/c1-3-4-14-9-13(12-21-2)5-8-17(14)22-18-10-16(19)7-6-15(18)11-20/h3,5-10,21H,1,4,12H2,2H3. The highest BCUT2D eigenvalue weighted by molar-refractivity contribution is 6.30. The van der Waals surface area contributed by atoms with Crippen LogP contribution in [-0.2, 0) is 13.0 Å². The molecule has 0 amide bonds. The number of hydrogen-bond acceptors (Lipinski definition) is 3. The van der Waals surface area contributed by atoms with Crippen molar-refractivity contribution in [3.05, 3.63) is 70.8 Å². The number of nitriles is 1. The van der Waals surface area contributed by atoms with Gasteiger partial charge in [0.05, 0.1) is 5.56 Å². The van der Waals surface area contributed by atoms with Crippen LogP contribution in [0.25, 0.3) is 0 Å². The number of allylic oxidation sites excluding steroid dienone is 1. The van der Waals surface area contributed by atoms with E-state index in [1.165, 1.54) is 5.56 Å². The van der Waals surface area contributed by atoms with E-state index in [-0.39, 0.29) is 0 Å². The van der Waals surface area contributed by atoms with Gasteiger partial charge in [-0.1, -0.05) is 29.8 Å². The van der Waals surface area contributed by atoms with Crippen LogP contribution < -0.4 is 10.1 Å². The van der Waals surface area contributed by atoms with Crippen molar-refractivity contribution in [2.45, 2.75) is 13.0 Å². The number of ether oxygens (including phenoxy) is 1. The lowest BCUT2D eigenvalue weighted by Gasteiger charge is -2.13. The SMILES string of the molecule is C=CCc1cc(CNC)ccc1Oc1cc(Cl)ccc1C#N. The summed E-state index contributed by atoms with van der Waals surface area (Å²) in [5, 5.41) is 12.8. The number of benzene rings is 2. The van der Waals surface area contributed by atoms with Crippen molar-refractivity contribution in [2.75, 3.05) is 7.05 Å². The molecule has 3 nitrogen and oxygen atoms in total. The number of halogens is 1. The zero-order valence-electron chi connectivity index (χ0n) is 12.4. The summed E-state index contributed by atoms with van der Waals surface area (Å²) in [4.78, 5) is 0. The van der Waals surface area contributed by atoms with E-state index in [9.17, 15) is 5.26 Å². The second-order valence-electron chi connectivity index (χ2n) is 4.82. The van der Waals surface area contributed by atoms with Gasteiger partial charge < -0.3 is 10.1 Å². The average molecular weight is 313 g/mol. The van der Waals surface area contributed by atoms with Crippen LogP contribution in [0.4, 0.5) is 0 Å². The molecule has 0 radical (unpaired) electrons. The molecular formula is C18H17ClN2O. The predicted octanol–water partition coefficient (Wildman–Crippen LogP) is 4.45. The Labute approximate surface area is 135 Å². The molecule has 1 N–H and O–H groups in total. The monoisotopic (exact) mass is 312 g/mol. The average Bonchev–Trinajstić information content (AvgIpc) is 2.51. The van der Waals surface area contributed by atoms with E-state index in [4.69, 9.17) is 16.3 Å². The molecule has 2 aromatic rings. The molecule has 0 fully saturated rings. The minimum Gasteiger partial charge on any atom is -0.456 e. The molecule has 112 valence electrons. The van der Waals surface area contributed by atoms with E-state index in [0.717, 1.165) is 12.1 Å². The van der Waals surface area contributed by atoms with Gasteiger partial charge in [-0.3, -0.25) is 0 Å². The summed E-state index contributed by atoms with van der Waals surface area (Å²) in [7, 11) is 1.91. The maximum atomic E-state index is 9.18. The van der Waals surface area contributed by atoms with Gasteiger partial charge in [-0.25, -0.2) is 0 Å². The Bertz CT molecular complexity index is 720. The molecule has 0 aliphatic rings. The normalized spacial score (nSPS) is 10.0. The highest BCUT2D eigenvalue weighted by Gasteiger charge is 2.09. The second-order valence-corrected chi connectivity index (χ2v) is 5.26. The maximum Gasteiger partial charge on any atom is 0.146 e. The molecule has 22 heavy (non-hydrogen) atoms. The van der Waals surface area contributed by atoms with E-state index in [2.05, 4.69) is 24.0 Å². The molecule has 0 unspecified atom stereocenters. The highest BCUT2D eigenvalue weighted by atomic mass is 35.5. The maximum absolute atomic E-state index is 9.18. The van der Waals surface area contributed by atoms with E-state index < -0.39 is 0 Å². The first-order chi connectivity index (χ1) is 10.7. The lowest BCUT2D eigenvalue weighted by molar-refractivity contribution is 0.476. The lowest BCUT2D eigenvalue weighted by atomic mass is 10.1. The highest BCUT2D eigenvalue weighted by Crippen LogP contribution is 2.31. The van der Waals surface area contributed by atoms with Gasteiger partial charge in [0, 0.05) is 17.6 Å². The summed E-state index contributed by atoms with van der Waals surface area (Å²) in [5.41, 5.74) is 2.64. The van der Waals surface area contributed by atoms with Gasteiger partial charge in [0.25, 0.3) is 0 Å². The molecule has 0 aliphatic carbocycles. The summed E-state index contributed by atoms with van der Waals surface area (Å²) < 4.78 is 5.92. The number of rotatable bonds is 6. The molecular weight excluding hydrogens is 296 g/mol. The fourth-order valence-electron chi connectivity index (χ4n) is 2.15. The topological polar surface area (TPSA) is 45.0 Å². The van der Waals surface area contributed by atoms with Gasteiger partial charge in [-0.2, -0.15) is 5.26 Å². The third-order valence-corrected chi connectivity index (χ3v) is 3.39. The smallest absolute Gasteiger partial charge is 0.146 e. The molecule has 4 heteroatoms. The van der Waals surface area contributed by atoms with E-state index in [1.807, 2.05) is 25.3 Å².